The molecule has 0 aliphatic rings. The van der Waals surface area contributed by atoms with Crippen LogP contribution in [-0.4, -0.2) is 9.97 Å². The highest BCUT2D eigenvalue weighted by Gasteiger charge is 2.05. The lowest BCUT2D eigenvalue weighted by Crippen LogP contribution is -1.90. The molecule has 0 saturated heterocycles. The standard InChI is InChI=1S/C14H26N2/c1-4-6-8-9-11-14-15-12(3)13(16-14)10-7-5-2/h4-11H2,1-3H3,(H,15,16). The summed E-state index contributed by atoms with van der Waals surface area (Å²) in [6.07, 6.45) is 10.0. The van der Waals surface area contributed by atoms with Crippen LogP contribution in [0.1, 0.15) is 69.6 Å². The minimum absolute atomic E-state index is 1.12. The smallest absolute Gasteiger partial charge is 0.106 e. The number of aromatic amines is 1. The van der Waals surface area contributed by atoms with Crippen LogP contribution < -0.4 is 0 Å². The summed E-state index contributed by atoms with van der Waals surface area (Å²) in [6, 6.07) is 0. The van der Waals surface area contributed by atoms with Crippen LogP contribution >= 0.6 is 0 Å². The minimum Gasteiger partial charge on any atom is -0.346 e. The molecule has 0 radical (unpaired) electrons. The van der Waals surface area contributed by atoms with E-state index in [1.165, 1.54) is 55.7 Å². The van der Waals surface area contributed by atoms with Gasteiger partial charge in [0.05, 0.1) is 5.69 Å². The molecule has 1 aromatic rings. The second-order valence-electron chi connectivity index (χ2n) is 4.67. The Morgan fingerprint density at radius 3 is 2.38 bits per heavy atom. The lowest BCUT2D eigenvalue weighted by molar-refractivity contribution is 0.654. The molecule has 1 aromatic heterocycles. The molecule has 0 aromatic carbocycles. The zero-order valence-corrected chi connectivity index (χ0v) is 11.1. The van der Waals surface area contributed by atoms with Gasteiger partial charge in [0.2, 0.25) is 0 Å². The van der Waals surface area contributed by atoms with Gasteiger partial charge in [-0.25, -0.2) is 4.98 Å². The van der Waals surface area contributed by atoms with E-state index >= 15 is 0 Å². The zero-order chi connectivity index (χ0) is 11.8. The first kappa shape index (κ1) is 13.3. The van der Waals surface area contributed by atoms with E-state index in [1.807, 2.05) is 0 Å². The first-order valence-corrected chi connectivity index (χ1v) is 6.82. The Bertz CT molecular complexity index is 289. The van der Waals surface area contributed by atoms with Crippen molar-refractivity contribution in [2.75, 3.05) is 0 Å². The molecule has 2 heteroatoms. The van der Waals surface area contributed by atoms with E-state index < -0.39 is 0 Å². The van der Waals surface area contributed by atoms with Crippen molar-refractivity contribution in [3.8, 4) is 0 Å². The van der Waals surface area contributed by atoms with Crippen molar-refractivity contribution in [1.82, 2.24) is 9.97 Å². The van der Waals surface area contributed by atoms with Crippen molar-refractivity contribution in [3.05, 3.63) is 17.2 Å². The van der Waals surface area contributed by atoms with E-state index in [2.05, 4.69) is 30.7 Å². The number of imidazole rings is 1. The summed E-state index contributed by atoms with van der Waals surface area (Å²) in [4.78, 5) is 8.11. The van der Waals surface area contributed by atoms with Gasteiger partial charge in [-0.05, 0) is 26.2 Å². The highest BCUT2D eigenvalue weighted by Crippen LogP contribution is 2.11. The van der Waals surface area contributed by atoms with Crippen LogP contribution in [0.5, 0.6) is 0 Å². The number of aryl methyl sites for hydroxylation is 3. The second-order valence-corrected chi connectivity index (χ2v) is 4.67. The number of rotatable bonds is 8. The third-order valence-corrected chi connectivity index (χ3v) is 3.07. The van der Waals surface area contributed by atoms with Crippen LogP contribution in [0.15, 0.2) is 0 Å². The normalized spacial score (nSPS) is 10.9. The maximum Gasteiger partial charge on any atom is 0.106 e. The largest absolute Gasteiger partial charge is 0.346 e. The van der Waals surface area contributed by atoms with Gasteiger partial charge in [0.15, 0.2) is 0 Å². The van der Waals surface area contributed by atoms with Gasteiger partial charge in [0, 0.05) is 12.1 Å². The van der Waals surface area contributed by atoms with Gasteiger partial charge in [0.1, 0.15) is 5.82 Å². The molecule has 0 aliphatic heterocycles. The highest BCUT2D eigenvalue weighted by molar-refractivity contribution is 5.13. The van der Waals surface area contributed by atoms with Gasteiger partial charge in [-0.3, -0.25) is 0 Å². The summed E-state index contributed by atoms with van der Waals surface area (Å²) in [6.45, 7) is 6.63. The highest BCUT2D eigenvalue weighted by atomic mass is 14.9. The molecule has 0 unspecified atom stereocenters. The van der Waals surface area contributed by atoms with Gasteiger partial charge in [-0.15, -0.1) is 0 Å². The number of nitrogens with zero attached hydrogens (tertiary/aromatic N) is 1. The zero-order valence-electron chi connectivity index (χ0n) is 11.1. The predicted molar refractivity (Wildman–Crippen MR) is 69.8 cm³/mol. The molecule has 1 N–H and O–H groups in total. The van der Waals surface area contributed by atoms with Gasteiger partial charge in [-0.1, -0.05) is 39.5 Å². The summed E-state index contributed by atoms with van der Waals surface area (Å²) in [5.74, 6) is 1.19. The monoisotopic (exact) mass is 222 g/mol. The maximum atomic E-state index is 4.69. The fraction of sp³-hybridized carbons (Fsp3) is 0.786. The molecule has 16 heavy (non-hydrogen) atoms. The summed E-state index contributed by atoms with van der Waals surface area (Å²) >= 11 is 0. The maximum absolute atomic E-state index is 4.69. The molecule has 1 rings (SSSR count). The van der Waals surface area contributed by atoms with Crippen molar-refractivity contribution < 1.29 is 0 Å². The number of aromatic nitrogens is 2. The number of H-pyrrole nitrogens is 1. The van der Waals surface area contributed by atoms with Gasteiger partial charge in [0.25, 0.3) is 0 Å². The van der Waals surface area contributed by atoms with Crippen molar-refractivity contribution >= 4 is 0 Å². The second kappa shape index (κ2) is 7.48. The summed E-state index contributed by atoms with van der Waals surface area (Å²) < 4.78 is 0. The topological polar surface area (TPSA) is 28.7 Å². The SMILES string of the molecule is CCCCCCc1nc(CCCC)c(C)[nH]1. The van der Waals surface area contributed by atoms with E-state index in [4.69, 9.17) is 0 Å². The minimum atomic E-state index is 1.12. The molecule has 0 amide bonds. The van der Waals surface area contributed by atoms with Crippen LogP contribution in [0.4, 0.5) is 0 Å². The number of hydrogen-bond donors (Lipinski definition) is 1. The van der Waals surface area contributed by atoms with Crippen LogP contribution in [0.3, 0.4) is 0 Å². The first-order valence-electron chi connectivity index (χ1n) is 6.82. The number of hydrogen-bond acceptors (Lipinski definition) is 1. The van der Waals surface area contributed by atoms with Crippen LogP contribution in [-0.2, 0) is 12.8 Å². The van der Waals surface area contributed by atoms with E-state index in [9.17, 15) is 0 Å². The molecule has 0 atom stereocenters. The lowest BCUT2D eigenvalue weighted by atomic mass is 10.1. The molecule has 0 aliphatic carbocycles. The average molecular weight is 222 g/mol. The van der Waals surface area contributed by atoms with Crippen LogP contribution in [0.2, 0.25) is 0 Å². The molecule has 0 saturated carbocycles. The average Bonchev–Trinajstić information content (AvgIpc) is 2.63. The molecule has 92 valence electrons. The van der Waals surface area contributed by atoms with E-state index in [0.29, 0.717) is 0 Å². The molecular formula is C14H26N2. The van der Waals surface area contributed by atoms with Crippen molar-refractivity contribution in [2.45, 2.75) is 72.1 Å². The Morgan fingerprint density at radius 2 is 1.69 bits per heavy atom. The third-order valence-electron chi connectivity index (χ3n) is 3.07. The number of nitrogens with one attached hydrogen (secondary N) is 1. The Hall–Kier alpha value is -0.790. The summed E-state index contributed by atoms with van der Waals surface area (Å²) in [7, 11) is 0. The van der Waals surface area contributed by atoms with Crippen LogP contribution in [0, 0.1) is 6.92 Å². The Morgan fingerprint density at radius 1 is 0.938 bits per heavy atom. The quantitative estimate of drug-likeness (QED) is 0.657. The lowest BCUT2D eigenvalue weighted by Gasteiger charge is -1.96. The Labute approximate surface area is 99.9 Å². The molecular weight excluding hydrogens is 196 g/mol. The summed E-state index contributed by atoms with van der Waals surface area (Å²) in [5, 5.41) is 0. The van der Waals surface area contributed by atoms with Crippen molar-refractivity contribution in [3.63, 3.8) is 0 Å². The molecule has 1 heterocycles. The number of unbranched alkanes of at least 4 members (excludes halogenated alkanes) is 4. The van der Waals surface area contributed by atoms with Crippen molar-refractivity contribution in [2.24, 2.45) is 0 Å². The molecule has 0 bridgehead atoms. The molecule has 0 fully saturated rings. The molecule has 2 nitrogen and oxygen atoms in total. The van der Waals surface area contributed by atoms with Crippen molar-refractivity contribution in [1.29, 1.82) is 0 Å². The summed E-state index contributed by atoms with van der Waals surface area (Å²) in [5.41, 5.74) is 2.56. The Kier molecular flexibility index (Phi) is 6.20. The third kappa shape index (κ3) is 4.38. The molecule has 0 spiro atoms. The van der Waals surface area contributed by atoms with Gasteiger partial charge in [-0.2, -0.15) is 0 Å². The fourth-order valence-electron chi connectivity index (χ4n) is 1.99. The predicted octanol–water partition coefficient (Wildman–Crippen LogP) is 4.18. The van der Waals surface area contributed by atoms with E-state index in [0.717, 1.165) is 12.8 Å². The fourth-order valence-corrected chi connectivity index (χ4v) is 1.99. The Balaban J connectivity index is 2.36. The van der Waals surface area contributed by atoms with Gasteiger partial charge >= 0.3 is 0 Å². The van der Waals surface area contributed by atoms with Gasteiger partial charge < -0.3 is 4.98 Å². The van der Waals surface area contributed by atoms with Crippen LogP contribution in [0.25, 0.3) is 0 Å². The van der Waals surface area contributed by atoms with E-state index in [-0.39, 0.29) is 0 Å². The van der Waals surface area contributed by atoms with E-state index in [1.54, 1.807) is 0 Å². The first-order chi connectivity index (χ1) is 7.77.